The Morgan fingerprint density at radius 3 is 2.65 bits per heavy atom. The molecule has 0 aliphatic heterocycles. The Labute approximate surface area is 118 Å². The van der Waals surface area contributed by atoms with Crippen molar-refractivity contribution in [2.24, 2.45) is 5.92 Å². The highest BCUT2D eigenvalue weighted by Crippen LogP contribution is 2.06. The summed E-state index contributed by atoms with van der Waals surface area (Å²) in [5, 5.41) is 11.6. The lowest BCUT2D eigenvalue weighted by molar-refractivity contribution is -0.139. The van der Waals surface area contributed by atoms with Crippen LogP contribution in [0.25, 0.3) is 0 Å². The summed E-state index contributed by atoms with van der Waals surface area (Å²) in [7, 11) is 1.62. The molecule has 0 radical (unpaired) electrons. The molecule has 6 nitrogen and oxygen atoms in total. The second-order valence-corrected chi connectivity index (χ2v) is 5.19. The number of carbonyl (C=O) groups is 2. The fourth-order valence-electron chi connectivity index (χ4n) is 1.79. The molecule has 1 heterocycles. The number of carbonyl (C=O) groups excluding carboxylic acids is 1. The first-order valence-corrected chi connectivity index (χ1v) is 6.53. The summed E-state index contributed by atoms with van der Waals surface area (Å²) >= 11 is 0. The number of nitrogens with zero attached hydrogens (tertiary/aromatic N) is 2. The van der Waals surface area contributed by atoms with Crippen molar-refractivity contribution >= 4 is 12.0 Å². The Morgan fingerprint density at radius 2 is 2.15 bits per heavy atom. The van der Waals surface area contributed by atoms with Crippen LogP contribution in [0.4, 0.5) is 4.79 Å². The lowest BCUT2D eigenvalue weighted by Gasteiger charge is -2.22. The number of hydrogen-bond acceptors (Lipinski definition) is 3. The smallest absolute Gasteiger partial charge is 0.326 e. The number of amides is 2. The molecule has 0 saturated carbocycles. The van der Waals surface area contributed by atoms with Crippen molar-refractivity contribution in [2.45, 2.75) is 32.9 Å². The number of hydrogen-bond donors (Lipinski definition) is 2. The van der Waals surface area contributed by atoms with Crippen molar-refractivity contribution in [3.8, 4) is 0 Å². The number of carboxylic acids is 1. The van der Waals surface area contributed by atoms with Gasteiger partial charge in [-0.05, 0) is 24.0 Å². The zero-order valence-electron chi connectivity index (χ0n) is 12.0. The summed E-state index contributed by atoms with van der Waals surface area (Å²) < 4.78 is 0. The number of aliphatic carboxylic acids is 1. The summed E-state index contributed by atoms with van der Waals surface area (Å²) in [6.07, 6.45) is 3.74. The van der Waals surface area contributed by atoms with Crippen LogP contribution >= 0.6 is 0 Å². The Balaban J connectivity index is 2.57. The summed E-state index contributed by atoms with van der Waals surface area (Å²) in [4.78, 5) is 28.5. The molecule has 0 aliphatic carbocycles. The molecule has 0 fully saturated rings. The monoisotopic (exact) mass is 279 g/mol. The van der Waals surface area contributed by atoms with Crippen LogP contribution in [-0.2, 0) is 11.3 Å². The molecule has 6 heteroatoms. The number of rotatable bonds is 6. The van der Waals surface area contributed by atoms with Gasteiger partial charge in [0.25, 0.3) is 0 Å². The Hall–Kier alpha value is -2.11. The number of carboxylic acid groups (broad SMARTS) is 1. The molecule has 0 unspecified atom stereocenters. The molecule has 0 spiro atoms. The van der Waals surface area contributed by atoms with E-state index in [0.29, 0.717) is 13.0 Å². The maximum Gasteiger partial charge on any atom is 0.326 e. The third-order valence-electron chi connectivity index (χ3n) is 2.79. The molecule has 0 bridgehead atoms. The first-order chi connectivity index (χ1) is 9.40. The number of pyridine rings is 1. The van der Waals surface area contributed by atoms with Gasteiger partial charge in [-0.2, -0.15) is 0 Å². The van der Waals surface area contributed by atoms with Crippen LogP contribution < -0.4 is 5.32 Å². The number of nitrogens with one attached hydrogen (secondary N) is 1. The number of urea groups is 1. The van der Waals surface area contributed by atoms with E-state index < -0.39 is 18.0 Å². The third kappa shape index (κ3) is 5.26. The fourth-order valence-corrected chi connectivity index (χ4v) is 1.79. The molecule has 0 aromatic carbocycles. The minimum absolute atomic E-state index is 0.194. The second kappa shape index (κ2) is 7.47. The van der Waals surface area contributed by atoms with Gasteiger partial charge in [0.05, 0.1) is 0 Å². The van der Waals surface area contributed by atoms with Crippen molar-refractivity contribution in [3.05, 3.63) is 30.1 Å². The summed E-state index contributed by atoms with van der Waals surface area (Å²) in [6, 6.07) is 2.39. The van der Waals surface area contributed by atoms with Crippen LogP contribution in [0.15, 0.2) is 24.5 Å². The molecule has 0 aliphatic rings. The molecule has 1 aromatic rings. The average molecular weight is 279 g/mol. The normalized spacial score (nSPS) is 12.0. The maximum atomic E-state index is 12.0. The molecule has 20 heavy (non-hydrogen) atoms. The van der Waals surface area contributed by atoms with Gasteiger partial charge in [-0.15, -0.1) is 0 Å². The Kier molecular flexibility index (Phi) is 5.96. The van der Waals surface area contributed by atoms with Crippen molar-refractivity contribution in [1.82, 2.24) is 15.2 Å². The van der Waals surface area contributed by atoms with E-state index >= 15 is 0 Å². The fraction of sp³-hybridized carbons (Fsp3) is 0.500. The predicted octanol–water partition coefficient (Wildman–Crippen LogP) is 1.72. The highest BCUT2D eigenvalue weighted by Gasteiger charge is 2.22. The van der Waals surface area contributed by atoms with Crippen LogP contribution in [0.2, 0.25) is 0 Å². The highest BCUT2D eigenvalue weighted by molar-refractivity contribution is 5.82. The SMILES string of the molecule is CC(C)C[C@H](NC(=O)N(C)Cc1cccnc1)C(=O)O. The topological polar surface area (TPSA) is 82.5 Å². The highest BCUT2D eigenvalue weighted by atomic mass is 16.4. The van der Waals surface area contributed by atoms with Gasteiger partial charge in [0.1, 0.15) is 6.04 Å². The Morgan fingerprint density at radius 1 is 1.45 bits per heavy atom. The quantitative estimate of drug-likeness (QED) is 0.830. The van der Waals surface area contributed by atoms with Crippen molar-refractivity contribution in [1.29, 1.82) is 0 Å². The van der Waals surface area contributed by atoms with Gasteiger partial charge in [0.2, 0.25) is 0 Å². The van der Waals surface area contributed by atoms with Crippen LogP contribution in [0.1, 0.15) is 25.8 Å². The van der Waals surface area contributed by atoms with Gasteiger partial charge in [-0.3, -0.25) is 4.98 Å². The van der Waals surface area contributed by atoms with E-state index in [1.807, 2.05) is 19.9 Å². The van der Waals surface area contributed by atoms with Gasteiger partial charge in [-0.25, -0.2) is 9.59 Å². The van der Waals surface area contributed by atoms with Gasteiger partial charge in [0.15, 0.2) is 0 Å². The largest absolute Gasteiger partial charge is 0.480 e. The minimum atomic E-state index is -1.01. The average Bonchev–Trinajstić information content (AvgIpc) is 2.38. The van der Waals surface area contributed by atoms with E-state index in [2.05, 4.69) is 10.3 Å². The van der Waals surface area contributed by atoms with E-state index in [1.54, 1.807) is 25.5 Å². The van der Waals surface area contributed by atoms with Crippen molar-refractivity contribution in [3.63, 3.8) is 0 Å². The van der Waals surface area contributed by atoms with Gasteiger partial charge < -0.3 is 15.3 Å². The summed E-state index contributed by atoms with van der Waals surface area (Å²) in [5.41, 5.74) is 0.890. The minimum Gasteiger partial charge on any atom is -0.480 e. The van der Waals surface area contributed by atoms with Crippen molar-refractivity contribution < 1.29 is 14.7 Å². The molecular formula is C14H21N3O3. The molecule has 1 rings (SSSR count). The molecule has 1 aromatic heterocycles. The lowest BCUT2D eigenvalue weighted by atomic mass is 10.0. The molecule has 110 valence electrons. The maximum absolute atomic E-state index is 12.0. The van der Waals surface area contributed by atoms with Crippen LogP contribution in [-0.4, -0.2) is 40.1 Å². The number of aromatic nitrogens is 1. The van der Waals surface area contributed by atoms with E-state index in [1.165, 1.54) is 4.90 Å². The lowest BCUT2D eigenvalue weighted by Crippen LogP contribution is -2.47. The van der Waals surface area contributed by atoms with Crippen LogP contribution in [0, 0.1) is 5.92 Å². The molecule has 2 N–H and O–H groups in total. The zero-order valence-corrected chi connectivity index (χ0v) is 12.0. The molecule has 0 saturated heterocycles. The third-order valence-corrected chi connectivity index (χ3v) is 2.79. The van der Waals surface area contributed by atoms with Gasteiger partial charge in [0, 0.05) is 26.0 Å². The van der Waals surface area contributed by atoms with E-state index in [-0.39, 0.29) is 5.92 Å². The second-order valence-electron chi connectivity index (χ2n) is 5.19. The first-order valence-electron chi connectivity index (χ1n) is 6.53. The van der Waals surface area contributed by atoms with Gasteiger partial charge in [-0.1, -0.05) is 19.9 Å². The Bertz CT molecular complexity index is 448. The molecular weight excluding hydrogens is 258 g/mol. The van der Waals surface area contributed by atoms with Crippen molar-refractivity contribution in [2.75, 3.05) is 7.05 Å². The summed E-state index contributed by atoms with van der Waals surface area (Å²) in [5.74, 6) is -0.818. The van der Waals surface area contributed by atoms with Gasteiger partial charge >= 0.3 is 12.0 Å². The standard InChI is InChI=1S/C14H21N3O3/c1-10(2)7-12(13(18)19)16-14(20)17(3)9-11-5-4-6-15-8-11/h4-6,8,10,12H,7,9H2,1-3H3,(H,16,20)(H,18,19)/t12-/m0/s1. The van der Waals surface area contributed by atoms with Crippen LogP contribution in [0.5, 0.6) is 0 Å². The predicted molar refractivity (Wildman–Crippen MR) is 75.1 cm³/mol. The zero-order chi connectivity index (χ0) is 15.1. The molecule has 1 atom stereocenters. The molecule has 2 amide bonds. The van der Waals surface area contributed by atoms with E-state index in [0.717, 1.165) is 5.56 Å². The van der Waals surface area contributed by atoms with Crippen LogP contribution in [0.3, 0.4) is 0 Å². The van der Waals surface area contributed by atoms with E-state index in [9.17, 15) is 9.59 Å². The van der Waals surface area contributed by atoms with E-state index in [4.69, 9.17) is 5.11 Å². The first kappa shape index (κ1) is 15.9. The summed E-state index contributed by atoms with van der Waals surface area (Å²) in [6.45, 7) is 4.22.